The standard InChI is InChI=1S/C18H18ClNO3/c1-13-7-9-15(19)11-16(13)20-17(21)12-23-18(22)10-8-14-5-3-2-4-6-14/h2-7,9,11H,8,10,12H2,1H3,(H,20,21). The summed E-state index contributed by atoms with van der Waals surface area (Å²) >= 11 is 5.89. The van der Waals surface area contributed by atoms with Crippen LogP contribution < -0.4 is 5.32 Å². The third-order valence-electron chi connectivity index (χ3n) is 3.30. The Labute approximate surface area is 140 Å². The minimum Gasteiger partial charge on any atom is -0.456 e. The van der Waals surface area contributed by atoms with E-state index in [4.69, 9.17) is 16.3 Å². The third-order valence-corrected chi connectivity index (χ3v) is 3.53. The Balaban J connectivity index is 1.75. The van der Waals surface area contributed by atoms with Gasteiger partial charge in [0.1, 0.15) is 0 Å². The quantitative estimate of drug-likeness (QED) is 0.820. The first-order valence-corrected chi connectivity index (χ1v) is 7.68. The molecule has 1 amide bonds. The first-order valence-electron chi connectivity index (χ1n) is 7.30. The maximum Gasteiger partial charge on any atom is 0.306 e. The lowest BCUT2D eigenvalue weighted by atomic mass is 10.1. The maximum absolute atomic E-state index is 11.8. The number of halogens is 1. The highest BCUT2D eigenvalue weighted by Gasteiger charge is 2.09. The highest BCUT2D eigenvalue weighted by Crippen LogP contribution is 2.19. The van der Waals surface area contributed by atoms with E-state index in [1.54, 1.807) is 12.1 Å². The van der Waals surface area contributed by atoms with Crippen LogP contribution in [0.4, 0.5) is 5.69 Å². The monoisotopic (exact) mass is 331 g/mol. The van der Waals surface area contributed by atoms with Crippen LogP contribution in [0.25, 0.3) is 0 Å². The molecule has 0 bridgehead atoms. The molecule has 0 saturated carbocycles. The largest absolute Gasteiger partial charge is 0.456 e. The van der Waals surface area contributed by atoms with Crippen LogP contribution in [-0.2, 0) is 20.7 Å². The molecule has 0 fully saturated rings. The highest BCUT2D eigenvalue weighted by molar-refractivity contribution is 6.31. The Morgan fingerprint density at radius 2 is 1.87 bits per heavy atom. The predicted molar refractivity (Wildman–Crippen MR) is 90.5 cm³/mol. The first kappa shape index (κ1) is 17.0. The zero-order valence-electron chi connectivity index (χ0n) is 12.8. The van der Waals surface area contributed by atoms with Crippen LogP contribution in [0.15, 0.2) is 48.5 Å². The van der Waals surface area contributed by atoms with Gasteiger partial charge in [0, 0.05) is 17.1 Å². The molecule has 0 radical (unpaired) electrons. The van der Waals surface area contributed by atoms with Crippen molar-refractivity contribution >= 4 is 29.2 Å². The summed E-state index contributed by atoms with van der Waals surface area (Å²) in [6.45, 7) is 1.55. The number of ether oxygens (including phenoxy) is 1. The van der Waals surface area contributed by atoms with Gasteiger partial charge in [-0.05, 0) is 36.6 Å². The number of carbonyl (C=O) groups excluding carboxylic acids is 2. The number of hydrogen-bond acceptors (Lipinski definition) is 3. The number of amides is 1. The van der Waals surface area contributed by atoms with E-state index < -0.39 is 5.97 Å². The molecule has 0 spiro atoms. The van der Waals surface area contributed by atoms with Gasteiger partial charge in [0.15, 0.2) is 6.61 Å². The Kier molecular flexibility index (Phi) is 6.18. The molecule has 2 rings (SSSR count). The summed E-state index contributed by atoms with van der Waals surface area (Å²) in [5, 5.41) is 3.21. The molecule has 0 unspecified atom stereocenters. The summed E-state index contributed by atoms with van der Waals surface area (Å²) < 4.78 is 4.98. The van der Waals surface area contributed by atoms with Crippen molar-refractivity contribution in [3.05, 3.63) is 64.7 Å². The Morgan fingerprint density at radius 3 is 2.61 bits per heavy atom. The van der Waals surface area contributed by atoms with Crippen molar-refractivity contribution < 1.29 is 14.3 Å². The molecule has 0 aliphatic rings. The van der Waals surface area contributed by atoms with E-state index in [1.807, 2.05) is 43.3 Å². The van der Waals surface area contributed by atoms with Gasteiger partial charge < -0.3 is 10.1 Å². The van der Waals surface area contributed by atoms with Crippen molar-refractivity contribution in [3.8, 4) is 0 Å². The van der Waals surface area contributed by atoms with Crippen LogP contribution >= 0.6 is 11.6 Å². The normalized spacial score (nSPS) is 10.2. The zero-order chi connectivity index (χ0) is 16.7. The number of esters is 1. The van der Waals surface area contributed by atoms with Gasteiger partial charge in [-0.25, -0.2) is 0 Å². The van der Waals surface area contributed by atoms with Crippen molar-refractivity contribution in [1.82, 2.24) is 0 Å². The molecule has 0 aliphatic heterocycles. The van der Waals surface area contributed by atoms with Crippen LogP contribution in [0, 0.1) is 6.92 Å². The molecule has 2 aromatic carbocycles. The summed E-state index contributed by atoms with van der Waals surface area (Å²) in [5.74, 6) is -0.782. The number of aryl methyl sites for hydroxylation is 2. The molecular weight excluding hydrogens is 314 g/mol. The van der Waals surface area contributed by atoms with E-state index in [-0.39, 0.29) is 18.9 Å². The number of nitrogens with one attached hydrogen (secondary N) is 1. The fourth-order valence-corrected chi connectivity index (χ4v) is 2.20. The summed E-state index contributed by atoms with van der Waals surface area (Å²) in [6.07, 6.45) is 0.835. The molecular formula is C18H18ClNO3. The molecule has 23 heavy (non-hydrogen) atoms. The molecule has 4 nitrogen and oxygen atoms in total. The minimum absolute atomic E-state index is 0.244. The van der Waals surface area contributed by atoms with Gasteiger partial charge in [-0.3, -0.25) is 9.59 Å². The Hall–Kier alpha value is -2.33. The SMILES string of the molecule is Cc1ccc(Cl)cc1NC(=O)COC(=O)CCc1ccccc1. The zero-order valence-corrected chi connectivity index (χ0v) is 13.6. The van der Waals surface area contributed by atoms with Crippen LogP contribution in [-0.4, -0.2) is 18.5 Å². The topological polar surface area (TPSA) is 55.4 Å². The lowest BCUT2D eigenvalue weighted by molar-refractivity contribution is -0.147. The lowest BCUT2D eigenvalue weighted by Gasteiger charge is -2.09. The molecule has 5 heteroatoms. The van der Waals surface area contributed by atoms with Gasteiger partial charge in [-0.2, -0.15) is 0 Å². The molecule has 0 heterocycles. The third kappa shape index (κ3) is 5.75. The smallest absolute Gasteiger partial charge is 0.306 e. The van der Waals surface area contributed by atoms with Gasteiger partial charge >= 0.3 is 5.97 Å². The summed E-state index contributed by atoms with van der Waals surface area (Å²) in [4.78, 5) is 23.5. The van der Waals surface area contributed by atoms with E-state index in [0.29, 0.717) is 17.1 Å². The van der Waals surface area contributed by atoms with Gasteiger partial charge in [-0.15, -0.1) is 0 Å². The summed E-state index contributed by atoms with van der Waals surface area (Å²) in [6, 6.07) is 14.9. The number of benzene rings is 2. The second kappa shape index (κ2) is 8.34. The minimum atomic E-state index is -0.396. The van der Waals surface area contributed by atoms with E-state index in [0.717, 1.165) is 11.1 Å². The van der Waals surface area contributed by atoms with Gasteiger partial charge in [0.05, 0.1) is 0 Å². The van der Waals surface area contributed by atoms with Gasteiger partial charge in [0.2, 0.25) is 0 Å². The summed E-state index contributed by atoms with van der Waals surface area (Å²) in [5.41, 5.74) is 2.56. The fourth-order valence-electron chi connectivity index (χ4n) is 2.02. The molecule has 0 aliphatic carbocycles. The number of anilines is 1. The van der Waals surface area contributed by atoms with Crippen molar-refractivity contribution in [1.29, 1.82) is 0 Å². The lowest BCUT2D eigenvalue weighted by Crippen LogP contribution is -2.21. The summed E-state index contributed by atoms with van der Waals surface area (Å²) in [7, 11) is 0. The molecule has 1 N–H and O–H groups in total. The van der Waals surface area contributed by atoms with Crippen LogP contribution in [0.3, 0.4) is 0 Å². The van der Waals surface area contributed by atoms with Gasteiger partial charge in [0.25, 0.3) is 5.91 Å². The molecule has 2 aromatic rings. The average Bonchev–Trinajstić information content (AvgIpc) is 2.55. The molecule has 120 valence electrons. The van der Waals surface area contributed by atoms with Crippen molar-refractivity contribution in [2.75, 3.05) is 11.9 Å². The Bertz CT molecular complexity index is 686. The van der Waals surface area contributed by atoms with E-state index in [1.165, 1.54) is 0 Å². The van der Waals surface area contributed by atoms with Crippen LogP contribution in [0.2, 0.25) is 5.02 Å². The second-order valence-electron chi connectivity index (χ2n) is 5.15. The average molecular weight is 332 g/mol. The second-order valence-corrected chi connectivity index (χ2v) is 5.59. The van der Waals surface area contributed by atoms with Gasteiger partial charge in [-0.1, -0.05) is 48.0 Å². The first-order chi connectivity index (χ1) is 11.0. The predicted octanol–water partition coefficient (Wildman–Crippen LogP) is 3.76. The molecule has 0 aromatic heterocycles. The number of hydrogen-bond donors (Lipinski definition) is 1. The highest BCUT2D eigenvalue weighted by atomic mass is 35.5. The molecule has 0 saturated heterocycles. The van der Waals surface area contributed by atoms with E-state index in [2.05, 4.69) is 5.32 Å². The van der Waals surface area contributed by atoms with Crippen LogP contribution in [0.5, 0.6) is 0 Å². The molecule has 0 atom stereocenters. The fraction of sp³-hybridized carbons (Fsp3) is 0.222. The van der Waals surface area contributed by atoms with E-state index >= 15 is 0 Å². The van der Waals surface area contributed by atoms with Crippen LogP contribution in [0.1, 0.15) is 17.5 Å². The van der Waals surface area contributed by atoms with E-state index in [9.17, 15) is 9.59 Å². The van der Waals surface area contributed by atoms with Crippen molar-refractivity contribution in [3.63, 3.8) is 0 Å². The maximum atomic E-state index is 11.8. The Morgan fingerprint density at radius 1 is 1.13 bits per heavy atom. The number of rotatable bonds is 6. The number of carbonyl (C=O) groups is 2. The van der Waals surface area contributed by atoms with Crippen molar-refractivity contribution in [2.24, 2.45) is 0 Å². The van der Waals surface area contributed by atoms with Crippen molar-refractivity contribution in [2.45, 2.75) is 19.8 Å².